The number of hydrogen-bond acceptors (Lipinski definition) is 6. The highest BCUT2D eigenvalue weighted by Crippen LogP contribution is 2.43. The van der Waals surface area contributed by atoms with Crippen molar-refractivity contribution in [2.45, 2.75) is 39.3 Å². The van der Waals surface area contributed by atoms with Gasteiger partial charge in [-0.3, -0.25) is 23.9 Å². The summed E-state index contributed by atoms with van der Waals surface area (Å²) in [5.74, 6) is -2.26. The lowest BCUT2D eigenvalue weighted by atomic mass is 9.98. The standard InChI is InChI=1S/C30H30N4O5S/c1-18-12-14-21(15-13-18)33-25(35)17-23(27(33)24-11-8-16-40-24)30(38)39-20(3)28(36)31-26-19(2)32(4)34(29(26)37)22-9-6-5-7-10-22/h5-16,20,23,27H,17H2,1-4H3,(H,31,36)/t20-,23+,27+/m1/s1. The Morgan fingerprint density at radius 1 is 0.975 bits per heavy atom. The van der Waals surface area contributed by atoms with Crippen molar-refractivity contribution in [3.63, 3.8) is 0 Å². The quantitative estimate of drug-likeness (QED) is 0.336. The molecular formula is C30H30N4O5S. The van der Waals surface area contributed by atoms with Gasteiger partial charge in [-0.2, -0.15) is 0 Å². The summed E-state index contributed by atoms with van der Waals surface area (Å²) in [5.41, 5.74) is 2.67. The average molecular weight is 559 g/mol. The molecule has 4 aromatic rings. The number of benzene rings is 2. The van der Waals surface area contributed by atoms with Gasteiger partial charge in [-0.1, -0.05) is 42.0 Å². The van der Waals surface area contributed by atoms with Gasteiger partial charge in [-0.25, -0.2) is 4.68 Å². The molecule has 2 amide bonds. The molecule has 40 heavy (non-hydrogen) atoms. The molecule has 2 aromatic heterocycles. The number of hydrogen-bond donors (Lipinski definition) is 1. The molecule has 9 nitrogen and oxygen atoms in total. The number of nitrogens with one attached hydrogen (secondary N) is 1. The van der Waals surface area contributed by atoms with E-state index in [2.05, 4.69) is 5.32 Å². The maximum absolute atomic E-state index is 13.4. The number of carbonyl (C=O) groups is 3. The van der Waals surface area contributed by atoms with Crippen molar-refractivity contribution in [1.29, 1.82) is 0 Å². The molecule has 0 radical (unpaired) electrons. The van der Waals surface area contributed by atoms with Gasteiger partial charge in [0, 0.05) is 24.0 Å². The Hall–Kier alpha value is -4.44. The van der Waals surface area contributed by atoms with E-state index >= 15 is 0 Å². The van der Waals surface area contributed by atoms with Crippen molar-refractivity contribution in [1.82, 2.24) is 9.36 Å². The average Bonchev–Trinajstić information content (AvgIpc) is 3.64. The van der Waals surface area contributed by atoms with Gasteiger partial charge in [-0.15, -0.1) is 11.3 Å². The van der Waals surface area contributed by atoms with Crippen molar-refractivity contribution < 1.29 is 19.1 Å². The number of esters is 1. The molecule has 3 heterocycles. The topological polar surface area (TPSA) is 103 Å². The number of ether oxygens (including phenoxy) is 1. The largest absolute Gasteiger partial charge is 0.452 e. The van der Waals surface area contributed by atoms with Crippen molar-refractivity contribution >= 4 is 40.5 Å². The lowest BCUT2D eigenvalue weighted by Crippen LogP contribution is -2.35. The summed E-state index contributed by atoms with van der Waals surface area (Å²) in [6.45, 7) is 5.14. The number of rotatable bonds is 7. The van der Waals surface area contributed by atoms with Crippen LogP contribution in [0, 0.1) is 19.8 Å². The minimum Gasteiger partial charge on any atom is -0.452 e. The van der Waals surface area contributed by atoms with E-state index in [0.29, 0.717) is 17.1 Å². The molecule has 1 aliphatic rings. The third-order valence-electron chi connectivity index (χ3n) is 7.24. The molecule has 3 atom stereocenters. The summed E-state index contributed by atoms with van der Waals surface area (Å²) >= 11 is 1.46. The van der Waals surface area contributed by atoms with Crippen LogP contribution in [-0.2, 0) is 26.2 Å². The smallest absolute Gasteiger partial charge is 0.312 e. The molecule has 5 rings (SSSR count). The Bertz CT molecular complexity index is 1610. The monoisotopic (exact) mass is 558 g/mol. The van der Waals surface area contributed by atoms with Crippen LogP contribution in [0.5, 0.6) is 0 Å². The van der Waals surface area contributed by atoms with Crippen LogP contribution in [0.25, 0.3) is 5.69 Å². The number of aromatic nitrogens is 2. The van der Waals surface area contributed by atoms with E-state index in [0.717, 1.165) is 10.4 Å². The second-order valence-electron chi connectivity index (χ2n) is 9.88. The van der Waals surface area contributed by atoms with Gasteiger partial charge in [0.25, 0.3) is 11.5 Å². The van der Waals surface area contributed by atoms with E-state index in [4.69, 9.17) is 4.74 Å². The lowest BCUT2D eigenvalue weighted by molar-refractivity contribution is -0.157. The summed E-state index contributed by atoms with van der Waals surface area (Å²) in [6.07, 6.45) is -1.23. The van der Waals surface area contributed by atoms with Crippen LogP contribution in [0.15, 0.2) is 76.9 Å². The molecule has 1 N–H and O–H groups in total. The van der Waals surface area contributed by atoms with E-state index in [1.165, 1.54) is 22.9 Å². The second kappa shape index (κ2) is 11.0. The SMILES string of the molecule is Cc1ccc(N2C(=O)C[C@H](C(=O)O[C@H](C)C(=O)Nc3c(C)n(C)n(-c4ccccc4)c3=O)[C@H]2c2cccs2)cc1. The molecule has 1 saturated heterocycles. The van der Waals surface area contributed by atoms with Gasteiger partial charge in [-0.05, 0) is 56.5 Å². The predicted molar refractivity (Wildman–Crippen MR) is 154 cm³/mol. The van der Waals surface area contributed by atoms with Crippen LogP contribution in [0.3, 0.4) is 0 Å². The van der Waals surface area contributed by atoms with E-state index in [-0.39, 0.29) is 18.0 Å². The molecule has 0 unspecified atom stereocenters. The zero-order valence-electron chi connectivity index (χ0n) is 22.7. The fourth-order valence-corrected chi connectivity index (χ4v) is 5.87. The van der Waals surface area contributed by atoms with Gasteiger partial charge in [0.1, 0.15) is 5.69 Å². The second-order valence-corrected chi connectivity index (χ2v) is 10.9. The Labute approximate surface area is 235 Å². The molecule has 206 valence electrons. The molecule has 0 aliphatic carbocycles. The molecule has 0 saturated carbocycles. The molecule has 1 aliphatic heterocycles. The Balaban J connectivity index is 1.35. The number of para-hydroxylation sites is 1. The van der Waals surface area contributed by atoms with E-state index in [1.807, 2.05) is 66.9 Å². The molecule has 1 fully saturated rings. The van der Waals surface area contributed by atoms with Crippen LogP contribution in [0.4, 0.5) is 11.4 Å². The minimum atomic E-state index is -1.19. The van der Waals surface area contributed by atoms with Crippen LogP contribution < -0.4 is 15.8 Å². The fourth-order valence-electron chi connectivity index (χ4n) is 4.99. The normalized spacial score (nSPS) is 17.6. The number of carbonyl (C=O) groups excluding carboxylic acids is 3. The van der Waals surface area contributed by atoms with Crippen molar-refractivity contribution in [2.24, 2.45) is 13.0 Å². The van der Waals surface area contributed by atoms with Crippen LogP contribution in [0.1, 0.15) is 35.5 Å². The first-order chi connectivity index (χ1) is 19.2. The van der Waals surface area contributed by atoms with Crippen LogP contribution in [-0.4, -0.2) is 33.3 Å². The first-order valence-electron chi connectivity index (χ1n) is 12.9. The van der Waals surface area contributed by atoms with Gasteiger partial charge >= 0.3 is 5.97 Å². The molecule has 2 aromatic carbocycles. The predicted octanol–water partition coefficient (Wildman–Crippen LogP) is 4.52. The summed E-state index contributed by atoms with van der Waals surface area (Å²) in [6, 6.07) is 19.9. The maximum atomic E-state index is 13.4. The third kappa shape index (κ3) is 4.98. The molecular weight excluding hydrogens is 528 g/mol. The fraction of sp³-hybridized carbons (Fsp3) is 0.267. The van der Waals surface area contributed by atoms with Crippen molar-refractivity contribution in [3.8, 4) is 5.69 Å². The number of thiophene rings is 1. The summed E-state index contributed by atoms with van der Waals surface area (Å²) in [7, 11) is 1.73. The van der Waals surface area contributed by atoms with E-state index < -0.39 is 35.5 Å². The van der Waals surface area contributed by atoms with Gasteiger partial charge in [0.2, 0.25) is 5.91 Å². The first-order valence-corrected chi connectivity index (χ1v) is 13.8. The number of amides is 2. The van der Waals surface area contributed by atoms with E-state index in [9.17, 15) is 19.2 Å². The molecule has 0 spiro atoms. The minimum absolute atomic E-state index is 0.0385. The Morgan fingerprint density at radius 2 is 1.68 bits per heavy atom. The third-order valence-corrected chi connectivity index (χ3v) is 8.18. The zero-order valence-corrected chi connectivity index (χ0v) is 23.5. The number of aryl methyl sites for hydroxylation is 1. The Morgan fingerprint density at radius 3 is 2.33 bits per heavy atom. The summed E-state index contributed by atoms with van der Waals surface area (Å²) in [5, 5.41) is 4.54. The van der Waals surface area contributed by atoms with Crippen LogP contribution in [0.2, 0.25) is 0 Å². The van der Waals surface area contributed by atoms with Gasteiger partial charge < -0.3 is 15.0 Å². The van der Waals surface area contributed by atoms with Crippen molar-refractivity contribution in [3.05, 3.63) is 98.6 Å². The van der Waals surface area contributed by atoms with E-state index in [1.54, 1.807) is 35.7 Å². The van der Waals surface area contributed by atoms with Crippen molar-refractivity contribution in [2.75, 3.05) is 10.2 Å². The molecule has 10 heteroatoms. The highest BCUT2D eigenvalue weighted by Gasteiger charge is 2.47. The van der Waals surface area contributed by atoms with Gasteiger partial charge in [0.05, 0.1) is 23.3 Å². The first kappa shape index (κ1) is 27.1. The Kier molecular flexibility index (Phi) is 7.44. The zero-order chi connectivity index (χ0) is 28.6. The highest BCUT2D eigenvalue weighted by atomic mass is 32.1. The lowest BCUT2D eigenvalue weighted by Gasteiger charge is -2.27. The number of nitrogens with zero attached hydrogens (tertiary/aromatic N) is 3. The maximum Gasteiger partial charge on any atom is 0.312 e. The highest BCUT2D eigenvalue weighted by molar-refractivity contribution is 7.10. The summed E-state index contributed by atoms with van der Waals surface area (Å²) in [4.78, 5) is 55.4. The summed E-state index contributed by atoms with van der Waals surface area (Å²) < 4.78 is 8.72. The molecule has 0 bridgehead atoms. The number of anilines is 2. The van der Waals surface area contributed by atoms with Gasteiger partial charge in [0.15, 0.2) is 6.10 Å². The van der Waals surface area contributed by atoms with Crippen LogP contribution >= 0.6 is 11.3 Å².